The molecular weight excluding hydrogens is 540 g/mol. The van der Waals surface area contributed by atoms with E-state index in [1.807, 2.05) is 0 Å². The van der Waals surface area contributed by atoms with Gasteiger partial charge in [-0.2, -0.15) is 4.31 Å². The number of amides is 2. The van der Waals surface area contributed by atoms with Crippen LogP contribution in [0.3, 0.4) is 0 Å². The number of carbonyl (C=O) groups excluding carboxylic acids is 2. The van der Waals surface area contributed by atoms with Gasteiger partial charge in [0.05, 0.1) is 11.0 Å². The summed E-state index contributed by atoms with van der Waals surface area (Å²) >= 11 is 0. The largest absolute Gasteiger partial charge is 0.480 e. The molecule has 0 aromatic heterocycles. The third-order valence-electron chi connectivity index (χ3n) is 6.26. The second-order valence-corrected chi connectivity index (χ2v) is 11.2. The molecule has 1 heterocycles. The summed E-state index contributed by atoms with van der Waals surface area (Å²) < 4.78 is 33.3. The number of nitrogens with two attached hydrogens (primary N) is 1. The Bertz CT molecular complexity index is 1320. The topological polar surface area (TPSA) is 204 Å². The molecule has 1 saturated heterocycles. The average Bonchev–Trinajstić information content (AvgIpc) is 3.21. The van der Waals surface area contributed by atoms with Crippen molar-refractivity contribution in [2.45, 2.75) is 62.4 Å². The molecule has 0 bridgehead atoms. The summed E-state index contributed by atoms with van der Waals surface area (Å²) in [4.78, 5) is 37.4. The zero-order chi connectivity index (χ0) is 29.4. The molecule has 0 saturated carbocycles. The Morgan fingerprint density at radius 3 is 2.35 bits per heavy atom. The molecule has 0 aliphatic carbocycles. The van der Waals surface area contributed by atoms with E-state index in [-0.39, 0.29) is 29.6 Å². The Balaban J connectivity index is 1.65. The van der Waals surface area contributed by atoms with Crippen molar-refractivity contribution in [2.75, 3.05) is 11.9 Å². The SMILES string of the molecule is CC1OC(C)N(S(=O)(=O)c2ccccc2)[C@@H]1C(=O)N[C@@H](Cc1ccc(NC(=O)CCCNC(=N)N)cc1)C(=O)O. The summed E-state index contributed by atoms with van der Waals surface area (Å²) in [6, 6.07) is 11.5. The van der Waals surface area contributed by atoms with Crippen LogP contribution in [0.15, 0.2) is 59.5 Å². The van der Waals surface area contributed by atoms with Crippen LogP contribution in [0.2, 0.25) is 0 Å². The van der Waals surface area contributed by atoms with Gasteiger partial charge in [0.15, 0.2) is 5.96 Å². The van der Waals surface area contributed by atoms with Crippen molar-refractivity contribution in [1.29, 1.82) is 5.41 Å². The summed E-state index contributed by atoms with van der Waals surface area (Å²) in [6.45, 7) is 3.47. The van der Waals surface area contributed by atoms with Gasteiger partial charge in [0.1, 0.15) is 18.3 Å². The van der Waals surface area contributed by atoms with Gasteiger partial charge in [-0.25, -0.2) is 13.2 Å². The third-order valence-corrected chi connectivity index (χ3v) is 8.21. The first-order valence-corrected chi connectivity index (χ1v) is 14.1. The van der Waals surface area contributed by atoms with E-state index >= 15 is 0 Å². The van der Waals surface area contributed by atoms with E-state index in [2.05, 4.69) is 16.0 Å². The van der Waals surface area contributed by atoms with Gasteiger partial charge in [-0.3, -0.25) is 15.0 Å². The van der Waals surface area contributed by atoms with Gasteiger partial charge in [0, 0.05) is 25.1 Å². The smallest absolute Gasteiger partial charge is 0.326 e. The van der Waals surface area contributed by atoms with E-state index in [9.17, 15) is 27.9 Å². The van der Waals surface area contributed by atoms with Gasteiger partial charge in [-0.15, -0.1) is 0 Å². The first-order valence-electron chi connectivity index (χ1n) is 12.6. The second kappa shape index (κ2) is 13.4. The molecule has 40 heavy (non-hydrogen) atoms. The molecule has 14 heteroatoms. The molecule has 13 nitrogen and oxygen atoms in total. The molecular formula is C26H34N6O7S. The van der Waals surface area contributed by atoms with Crippen molar-refractivity contribution in [1.82, 2.24) is 14.9 Å². The number of aliphatic carboxylic acids is 1. The second-order valence-electron chi connectivity index (χ2n) is 9.33. The fourth-order valence-electron chi connectivity index (χ4n) is 4.38. The van der Waals surface area contributed by atoms with Crippen LogP contribution in [0.25, 0.3) is 0 Å². The average molecular weight is 575 g/mol. The summed E-state index contributed by atoms with van der Waals surface area (Å²) in [6.07, 6.45) is -1.13. The van der Waals surface area contributed by atoms with E-state index in [4.69, 9.17) is 15.9 Å². The number of benzene rings is 2. The van der Waals surface area contributed by atoms with Crippen molar-refractivity contribution < 1.29 is 32.6 Å². The van der Waals surface area contributed by atoms with Crippen LogP contribution in [0.5, 0.6) is 0 Å². The van der Waals surface area contributed by atoms with E-state index in [1.54, 1.807) is 49.4 Å². The first-order chi connectivity index (χ1) is 18.9. The third kappa shape index (κ3) is 7.77. The summed E-state index contributed by atoms with van der Waals surface area (Å²) in [5.74, 6) is -2.47. The van der Waals surface area contributed by atoms with Crippen molar-refractivity contribution >= 4 is 39.5 Å². The van der Waals surface area contributed by atoms with Crippen LogP contribution in [-0.4, -0.2) is 72.5 Å². The highest BCUT2D eigenvalue weighted by Crippen LogP contribution is 2.30. The summed E-state index contributed by atoms with van der Waals surface area (Å²) in [7, 11) is -4.11. The fourth-order valence-corrected chi connectivity index (χ4v) is 6.13. The number of carboxylic acid groups (broad SMARTS) is 1. The highest BCUT2D eigenvalue weighted by Gasteiger charge is 2.49. The minimum atomic E-state index is -4.11. The zero-order valence-corrected chi connectivity index (χ0v) is 23.0. The maximum absolute atomic E-state index is 13.3. The molecule has 0 radical (unpaired) electrons. The molecule has 2 aromatic carbocycles. The molecule has 7 N–H and O–H groups in total. The fraction of sp³-hybridized carbons (Fsp3) is 0.385. The summed E-state index contributed by atoms with van der Waals surface area (Å²) in [5.41, 5.74) is 6.28. The Morgan fingerprint density at radius 1 is 1.10 bits per heavy atom. The molecule has 4 atom stereocenters. The van der Waals surface area contributed by atoms with Crippen LogP contribution in [0.4, 0.5) is 5.69 Å². The number of nitrogens with one attached hydrogen (secondary N) is 4. The lowest BCUT2D eigenvalue weighted by Gasteiger charge is -2.27. The van der Waals surface area contributed by atoms with Crippen LogP contribution >= 0.6 is 0 Å². The van der Waals surface area contributed by atoms with Crippen molar-refractivity contribution in [3.8, 4) is 0 Å². The predicted octanol–water partition coefficient (Wildman–Crippen LogP) is 0.824. The summed E-state index contributed by atoms with van der Waals surface area (Å²) in [5, 5.41) is 24.7. The molecule has 2 unspecified atom stereocenters. The van der Waals surface area contributed by atoms with Crippen molar-refractivity contribution in [2.24, 2.45) is 5.73 Å². The maximum Gasteiger partial charge on any atom is 0.326 e. The molecule has 1 fully saturated rings. The number of ether oxygens (including phenoxy) is 1. The molecule has 1 aliphatic heterocycles. The van der Waals surface area contributed by atoms with Crippen LogP contribution < -0.4 is 21.7 Å². The monoisotopic (exact) mass is 574 g/mol. The number of anilines is 1. The van der Waals surface area contributed by atoms with Crippen molar-refractivity contribution in [3.63, 3.8) is 0 Å². The lowest BCUT2D eigenvalue weighted by atomic mass is 10.0. The number of sulfonamides is 1. The normalized spacial score (nSPS) is 19.9. The van der Waals surface area contributed by atoms with Gasteiger partial charge in [0.25, 0.3) is 0 Å². The van der Waals surface area contributed by atoms with Crippen LogP contribution in [0, 0.1) is 5.41 Å². The minimum absolute atomic E-state index is 0.00737. The Kier molecular flexibility index (Phi) is 10.2. The quantitative estimate of drug-likeness (QED) is 0.120. The standard InChI is InChI=1S/C26H34N6O7S/c1-16-23(32(17(2)39-16)40(37,38)20-7-4-3-5-8-20)24(34)31-21(25(35)36)15-18-10-12-19(13-11-18)30-22(33)9-6-14-29-26(27)28/h3-5,7-8,10-13,16-17,21,23H,6,9,14-15H2,1-2H3,(H,30,33)(H,31,34)(H,35,36)(H4,27,28,29)/t16?,17?,21-,23-/m0/s1. The maximum atomic E-state index is 13.3. The number of hydrogen-bond donors (Lipinski definition) is 6. The Hall–Kier alpha value is -4.01. The lowest BCUT2D eigenvalue weighted by Crippen LogP contribution is -2.54. The molecule has 0 spiro atoms. The van der Waals surface area contributed by atoms with Gasteiger partial charge < -0.3 is 31.5 Å². The van der Waals surface area contributed by atoms with Crippen LogP contribution in [-0.2, 0) is 35.6 Å². The molecule has 3 rings (SSSR count). The van der Waals surface area contributed by atoms with E-state index in [0.717, 1.165) is 4.31 Å². The van der Waals surface area contributed by atoms with Gasteiger partial charge in [-0.05, 0) is 50.1 Å². The number of carboxylic acids is 1. The number of guanidine groups is 1. The molecule has 2 aromatic rings. The predicted molar refractivity (Wildman–Crippen MR) is 147 cm³/mol. The highest BCUT2D eigenvalue weighted by atomic mass is 32.2. The van der Waals surface area contributed by atoms with E-state index in [1.165, 1.54) is 19.1 Å². The Labute approximate surface area is 232 Å². The molecule has 2 amide bonds. The molecule has 1 aliphatic rings. The van der Waals surface area contributed by atoms with Gasteiger partial charge in [0.2, 0.25) is 21.8 Å². The number of carbonyl (C=O) groups is 3. The van der Waals surface area contributed by atoms with Crippen LogP contribution in [0.1, 0.15) is 32.3 Å². The number of hydrogen-bond acceptors (Lipinski definition) is 7. The number of rotatable bonds is 12. The number of nitrogens with zero attached hydrogens (tertiary/aromatic N) is 1. The first kappa shape index (κ1) is 30.5. The van der Waals surface area contributed by atoms with Crippen molar-refractivity contribution in [3.05, 3.63) is 60.2 Å². The highest BCUT2D eigenvalue weighted by molar-refractivity contribution is 7.89. The Morgan fingerprint density at radius 2 is 1.75 bits per heavy atom. The lowest BCUT2D eigenvalue weighted by molar-refractivity contribution is -0.142. The van der Waals surface area contributed by atoms with E-state index < -0.39 is 46.3 Å². The van der Waals surface area contributed by atoms with Gasteiger partial charge in [-0.1, -0.05) is 30.3 Å². The van der Waals surface area contributed by atoms with Gasteiger partial charge >= 0.3 is 5.97 Å². The minimum Gasteiger partial charge on any atom is -0.480 e. The zero-order valence-electron chi connectivity index (χ0n) is 22.2. The van der Waals surface area contributed by atoms with E-state index in [0.29, 0.717) is 24.2 Å². The molecule has 216 valence electrons.